The molecule has 6 nitrogen and oxygen atoms in total. The fourth-order valence-corrected chi connectivity index (χ4v) is 4.05. The van der Waals surface area contributed by atoms with E-state index in [1.807, 2.05) is 6.92 Å². The summed E-state index contributed by atoms with van der Waals surface area (Å²) in [5.41, 5.74) is 2.69. The Morgan fingerprint density at radius 3 is 2.82 bits per heavy atom. The first-order valence-electron chi connectivity index (χ1n) is 10.2. The van der Waals surface area contributed by atoms with Gasteiger partial charge in [-0.05, 0) is 52.5 Å². The number of allylic oxidation sites excluding steroid dienone is 1. The molecule has 1 aromatic rings. The van der Waals surface area contributed by atoms with Crippen LogP contribution >= 0.6 is 0 Å². The smallest absolute Gasteiger partial charge is 0.255 e. The quantitative estimate of drug-likeness (QED) is 0.760. The number of hydrogen-bond donors (Lipinski definition) is 1. The number of aromatic nitrogens is 1. The predicted molar refractivity (Wildman–Crippen MR) is 110 cm³/mol. The summed E-state index contributed by atoms with van der Waals surface area (Å²) in [5.74, 6) is 0.360. The SMILES string of the molecule is COc1cnc(C)cc1C(=O)NCC1CCC2(CCN(CC=C(C)C)CC2)O1. The first kappa shape index (κ1) is 20.8. The van der Waals surface area contributed by atoms with Gasteiger partial charge in [0.25, 0.3) is 5.91 Å². The highest BCUT2D eigenvalue weighted by atomic mass is 16.5. The molecular formula is C22H33N3O3. The van der Waals surface area contributed by atoms with Crippen LogP contribution in [0.5, 0.6) is 5.75 Å². The number of nitrogens with one attached hydrogen (secondary N) is 1. The second-order valence-corrected chi connectivity index (χ2v) is 8.28. The van der Waals surface area contributed by atoms with Crippen LogP contribution in [0.15, 0.2) is 23.9 Å². The number of amides is 1. The lowest BCUT2D eigenvalue weighted by Crippen LogP contribution is -2.45. The van der Waals surface area contributed by atoms with Gasteiger partial charge in [-0.25, -0.2) is 0 Å². The summed E-state index contributed by atoms with van der Waals surface area (Å²) in [5, 5.41) is 3.02. The number of likely N-dealkylation sites (tertiary alicyclic amines) is 1. The Morgan fingerprint density at radius 2 is 2.14 bits per heavy atom. The van der Waals surface area contributed by atoms with Crippen LogP contribution in [0.4, 0.5) is 0 Å². The van der Waals surface area contributed by atoms with Crippen LogP contribution in [0.3, 0.4) is 0 Å². The fraction of sp³-hybridized carbons (Fsp3) is 0.636. The Balaban J connectivity index is 1.48. The van der Waals surface area contributed by atoms with Crippen molar-refractivity contribution in [1.82, 2.24) is 15.2 Å². The van der Waals surface area contributed by atoms with Crippen LogP contribution in [0.25, 0.3) is 0 Å². The lowest BCUT2D eigenvalue weighted by molar-refractivity contribution is -0.0741. The number of carbonyl (C=O) groups excluding carboxylic acids is 1. The summed E-state index contributed by atoms with van der Waals surface area (Å²) in [6.45, 7) is 9.88. The molecular weight excluding hydrogens is 354 g/mol. The van der Waals surface area contributed by atoms with Crippen molar-refractivity contribution in [2.45, 2.75) is 58.2 Å². The lowest BCUT2D eigenvalue weighted by Gasteiger charge is -2.39. The van der Waals surface area contributed by atoms with E-state index in [-0.39, 0.29) is 17.6 Å². The molecule has 2 fully saturated rings. The van der Waals surface area contributed by atoms with Gasteiger partial charge in [0.05, 0.1) is 30.6 Å². The molecule has 0 aliphatic carbocycles. The minimum absolute atomic E-state index is 0.00180. The molecule has 1 atom stereocenters. The third kappa shape index (κ3) is 5.11. The van der Waals surface area contributed by atoms with Crippen LogP contribution in [-0.2, 0) is 4.74 Å². The highest BCUT2D eigenvalue weighted by molar-refractivity contribution is 5.96. The minimum atomic E-state index is -0.136. The summed E-state index contributed by atoms with van der Waals surface area (Å²) in [6.07, 6.45) is 8.20. The molecule has 0 bridgehead atoms. The normalized spacial score (nSPS) is 21.5. The molecule has 1 unspecified atom stereocenters. The molecule has 1 aromatic heterocycles. The molecule has 0 radical (unpaired) electrons. The van der Waals surface area contributed by atoms with E-state index >= 15 is 0 Å². The highest BCUT2D eigenvalue weighted by Gasteiger charge is 2.42. The zero-order valence-electron chi connectivity index (χ0n) is 17.6. The van der Waals surface area contributed by atoms with Crippen molar-refractivity contribution >= 4 is 5.91 Å². The van der Waals surface area contributed by atoms with E-state index in [0.717, 1.165) is 51.0 Å². The maximum absolute atomic E-state index is 12.6. The number of rotatable bonds is 6. The van der Waals surface area contributed by atoms with Crippen LogP contribution in [0, 0.1) is 6.92 Å². The van der Waals surface area contributed by atoms with Crippen molar-refractivity contribution in [2.24, 2.45) is 0 Å². The Kier molecular flexibility index (Phi) is 6.73. The van der Waals surface area contributed by atoms with E-state index in [1.54, 1.807) is 19.4 Å². The molecule has 2 aliphatic rings. The largest absolute Gasteiger partial charge is 0.494 e. The number of aryl methyl sites for hydroxylation is 1. The molecule has 2 saturated heterocycles. The third-order valence-corrected chi connectivity index (χ3v) is 5.82. The van der Waals surface area contributed by atoms with Crippen molar-refractivity contribution in [3.05, 3.63) is 35.2 Å². The highest BCUT2D eigenvalue weighted by Crippen LogP contribution is 2.38. The topological polar surface area (TPSA) is 63.7 Å². The van der Waals surface area contributed by atoms with Crippen LogP contribution in [0.2, 0.25) is 0 Å². The van der Waals surface area contributed by atoms with Crippen molar-refractivity contribution in [1.29, 1.82) is 0 Å². The van der Waals surface area contributed by atoms with E-state index in [0.29, 0.717) is 17.9 Å². The van der Waals surface area contributed by atoms with E-state index < -0.39 is 0 Å². The molecule has 1 amide bonds. The van der Waals surface area contributed by atoms with Gasteiger partial charge >= 0.3 is 0 Å². The number of pyridine rings is 1. The van der Waals surface area contributed by atoms with Gasteiger partial charge in [-0.2, -0.15) is 0 Å². The van der Waals surface area contributed by atoms with Crippen molar-refractivity contribution in [3.8, 4) is 5.75 Å². The summed E-state index contributed by atoms with van der Waals surface area (Å²) in [6, 6.07) is 1.76. The van der Waals surface area contributed by atoms with Gasteiger partial charge in [0, 0.05) is 31.9 Å². The maximum Gasteiger partial charge on any atom is 0.255 e. The number of methoxy groups -OCH3 is 1. The standard InChI is InChI=1S/C22H33N3O3/c1-16(2)6-10-25-11-8-22(9-12-25)7-5-18(28-22)14-24-21(26)19-13-17(3)23-15-20(19)27-4/h6,13,15,18H,5,7-12,14H2,1-4H3,(H,24,26). The Hall–Kier alpha value is -1.92. The molecule has 2 aliphatic heterocycles. The van der Waals surface area contributed by atoms with Gasteiger partial charge in [-0.15, -0.1) is 0 Å². The number of ether oxygens (including phenoxy) is 2. The number of nitrogens with zero attached hydrogens (tertiary/aromatic N) is 2. The average molecular weight is 388 g/mol. The molecule has 154 valence electrons. The predicted octanol–water partition coefficient (Wildman–Crippen LogP) is 3.11. The maximum atomic E-state index is 12.6. The van der Waals surface area contributed by atoms with Gasteiger partial charge < -0.3 is 14.8 Å². The third-order valence-electron chi connectivity index (χ3n) is 5.82. The van der Waals surface area contributed by atoms with Gasteiger partial charge in [0.15, 0.2) is 0 Å². The average Bonchev–Trinajstić information content (AvgIpc) is 3.08. The zero-order chi connectivity index (χ0) is 20.1. The Bertz CT molecular complexity index is 720. The monoisotopic (exact) mass is 387 g/mol. The molecule has 3 heterocycles. The van der Waals surface area contributed by atoms with E-state index in [2.05, 4.69) is 35.1 Å². The first-order valence-corrected chi connectivity index (χ1v) is 10.2. The van der Waals surface area contributed by atoms with Gasteiger partial charge in [-0.3, -0.25) is 14.7 Å². The minimum Gasteiger partial charge on any atom is -0.494 e. The molecule has 1 N–H and O–H groups in total. The second-order valence-electron chi connectivity index (χ2n) is 8.28. The Labute approximate surface area is 168 Å². The molecule has 3 rings (SSSR count). The molecule has 0 saturated carbocycles. The van der Waals surface area contributed by atoms with E-state index in [9.17, 15) is 4.79 Å². The number of hydrogen-bond acceptors (Lipinski definition) is 5. The lowest BCUT2D eigenvalue weighted by atomic mass is 9.88. The zero-order valence-corrected chi connectivity index (χ0v) is 17.6. The van der Waals surface area contributed by atoms with Gasteiger partial charge in [-0.1, -0.05) is 11.6 Å². The van der Waals surface area contributed by atoms with Crippen molar-refractivity contribution in [2.75, 3.05) is 33.3 Å². The molecule has 28 heavy (non-hydrogen) atoms. The van der Waals surface area contributed by atoms with Gasteiger partial charge in [0.1, 0.15) is 5.75 Å². The summed E-state index contributed by atoms with van der Waals surface area (Å²) in [4.78, 5) is 19.3. The van der Waals surface area contributed by atoms with Crippen LogP contribution < -0.4 is 10.1 Å². The fourth-order valence-electron chi connectivity index (χ4n) is 4.05. The first-order chi connectivity index (χ1) is 13.4. The summed E-state index contributed by atoms with van der Waals surface area (Å²) < 4.78 is 11.7. The van der Waals surface area contributed by atoms with E-state index in [1.165, 1.54) is 5.57 Å². The van der Waals surface area contributed by atoms with Gasteiger partial charge in [0.2, 0.25) is 0 Å². The number of carbonyl (C=O) groups is 1. The number of piperidine rings is 1. The molecule has 0 aromatic carbocycles. The second kappa shape index (κ2) is 9.05. The molecule has 6 heteroatoms. The van der Waals surface area contributed by atoms with Crippen molar-refractivity contribution < 1.29 is 14.3 Å². The summed E-state index contributed by atoms with van der Waals surface area (Å²) in [7, 11) is 1.55. The van der Waals surface area contributed by atoms with Crippen molar-refractivity contribution in [3.63, 3.8) is 0 Å². The van der Waals surface area contributed by atoms with E-state index in [4.69, 9.17) is 9.47 Å². The Morgan fingerprint density at radius 1 is 1.39 bits per heavy atom. The van der Waals surface area contributed by atoms with Crippen LogP contribution in [-0.4, -0.2) is 60.8 Å². The summed E-state index contributed by atoms with van der Waals surface area (Å²) >= 11 is 0. The van der Waals surface area contributed by atoms with Crippen LogP contribution in [0.1, 0.15) is 55.6 Å². The molecule has 1 spiro atoms.